The van der Waals surface area contributed by atoms with E-state index in [-0.39, 0.29) is 19.3 Å². The Morgan fingerprint density at radius 1 is 1.37 bits per heavy atom. The van der Waals surface area contributed by atoms with Crippen molar-refractivity contribution in [2.75, 3.05) is 19.9 Å². The third kappa shape index (κ3) is 4.05. The SMILES string of the molecule is CC(C)CCNC(=O)COc1ccc2c(c1)OCO2. The molecule has 0 radical (unpaired) electrons. The Morgan fingerprint density at radius 2 is 2.16 bits per heavy atom. The highest BCUT2D eigenvalue weighted by Crippen LogP contribution is 2.34. The summed E-state index contributed by atoms with van der Waals surface area (Å²) >= 11 is 0. The van der Waals surface area contributed by atoms with Gasteiger partial charge in [-0.1, -0.05) is 13.8 Å². The third-order valence-electron chi connectivity index (χ3n) is 2.76. The number of hydrogen-bond acceptors (Lipinski definition) is 4. The number of amides is 1. The molecule has 0 unspecified atom stereocenters. The first-order valence-electron chi connectivity index (χ1n) is 6.44. The second kappa shape index (κ2) is 6.31. The van der Waals surface area contributed by atoms with E-state index in [1.54, 1.807) is 18.2 Å². The zero-order chi connectivity index (χ0) is 13.7. The van der Waals surface area contributed by atoms with E-state index in [1.165, 1.54) is 0 Å². The van der Waals surface area contributed by atoms with Crippen molar-refractivity contribution in [2.45, 2.75) is 20.3 Å². The second-order valence-electron chi connectivity index (χ2n) is 4.84. The van der Waals surface area contributed by atoms with E-state index in [2.05, 4.69) is 19.2 Å². The lowest BCUT2D eigenvalue weighted by atomic mass is 10.1. The molecule has 0 bridgehead atoms. The van der Waals surface area contributed by atoms with Crippen LogP contribution in [0.1, 0.15) is 20.3 Å². The van der Waals surface area contributed by atoms with Crippen molar-refractivity contribution in [1.82, 2.24) is 5.32 Å². The maximum Gasteiger partial charge on any atom is 0.257 e. The summed E-state index contributed by atoms with van der Waals surface area (Å²) < 4.78 is 15.8. The number of benzene rings is 1. The van der Waals surface area contributed by atoms with Gasteiger partial charge in [-0.25, -0.2) is 0 Å². The molecule has 0 atom stereocenters. The maximum atomic E-state index is 11.5. The normalized spacial score (nSPS) is 12.6. The Hall–Kier alpha value is -1.91. The molecule has 1 aliphatic rings. The van der Waals surface area contributed by atoms with Crippen molar-refractivity contribution < 1.29 is 19.0 Å². The van der Waals surface area contributed by atoms with Gasteiger partial charge in [-0.3, -0.25) is 4.79 Å². The predicted molar refractivity (Wildman–Crippen MR) is 70.5 cm³/mol. The molecule has 19 heavy (non-hydrogen) atoms. The Kier molecular flexibility index (Phi) is 4.49. The minimum absolute atomic E-state index is 0.0116. The fraction of sp³-hybridized carbons (Fsp3) is 0.500. The molecule has 0 aliphatic carbocycles. The molecule has 0 spiro atoms. The maximum absolute atomic E-state index is 11.5. The zero-order valence-corrected chi connectivity index (χ0v) is 11.3. The second-order valence-corrected chi connectivity index (χ2v) is 4.84. The molecule has 5 nitrogen and oxygen atoms in total. The van der Waals surface area contributed by atoms with Gasteiger partial charge in [-0.05, 0) is 24.5 Å². The molecule has 0 fully saturated rings. The number of carbonyl (C=O) groups excluding carboxylic acids is 1. The highest BCUT2D eigenvalue weighted by Gasteiger charge is 2.14. The van der Waals surface area contributed by atoms with Gasteiger partial charge in [0.2, 0.25) is 6.79 Å². The van der Waals surface area contributed by atoms with E-state index < -0.39 is 0 Å². The highest BCUT2D eigenvalue weighted by molar-refractivity contribution is 5.77. The molecule has 0 saturated carbocycles. The number of ether oxygens (including phenoxy) is 3. The first-order chi connectivity index (χ1) is 9.15. The summed E-state index contributed by atoms with van der Waals surface area (Å²) in [6.07, 6.45) is 0.968. The largest absolute Gasteiger partial charge is 0.484 e. The van der Waals surface area contributed by atoms with Crippen LogP contribution < -0.4 is 19.5 Å². The lowest BCUT2D eigenvalue weighted by Crippen LogP contribution is -2.30. The predicted octanol–water partition coefficient (Wildman–Crippen LogP) is 1.96. The van der Waals surface area contributed by atoms with Crippen LogP contribution in [0, 0.1) is 5.92 Å². The zero-order valence-electron chi connectivity index (χ0n) is 11.3. The Balaban J connectivity index is 1.74. The number of rotatable bonds is 6. The summed E-state index contributed by atoms with van der Waals surface area (Å²) in [5.41, 5.74) is 0. The first kappa shape index (κ1) is 13.5. The standard InChI is InChI=1S/C14H19NO4/c1-10(2)5-6-15-14(16)8-17-11-3-4-12-13(7-11)19-9-18-12/h3-4,7,10H,5-6,8-9H2,1-2H3,(H,15,16). The summed E-state index contributed by atoms with van der Waals surface area (Å²) in [7, 11) is 0. The number of hydrogen-bond donors (Lipinski definition) is 1. The molecule has 104 valence electrons. The first-order valence-corrected chi connectivity index (χ1v) is 6.44. The van der Waals surface area contributed by atoms with Crippen LogP contribution in [0.25, 0.3) is 0 Å². The van der Waals surface area contributed by atoms with E-state index >= 15 is 0 Å². The van der Waals surface area contributed by atoms with Crippen LogP contribution in [0.15, 0.2) is 18.2 Å². The van der Waals surface area contributed by atoms with Crippen molar-refractivity contribution >= 4 is 5.91 Å². The van der Waals surface area contributed by atoms with Gasteiger partial charge in [0.25, 0.3) is 5.91 Å². The Morgan fingerprint density at radius 3 is 2.95 bits per heavy atom. The van der Waals surface area contributed by atoms with Crippen molar-refractivity contribution in [3.8, 4) is 17.2 Å². The van der Waals surface area contributed by atoms with Crippen molar-refractivity contribution in [2.24, 2.45) is 5.92 Å². The van der Waals surface area contributed by atoms with Crippen LogP contribution in [-0.4, -0.2) is 25.9 Å². The average Bonchev–Trinajstić information content (AvgIpc) is 2.83. The van der Waals surface area contributed by atoms with Crippen LogP contribution in [0.2, 0.25) is 0 Å². The fourth-order valence-corrected chi connectivity index (χ4v) is 1.67. The van der Waals surface area contributed by atoms with Gasteiger partial charge in [0, 0.05) is 12.6 Å². The quantitative estimate of drug-likeness (QED) is 0.854. The smallest absolute Gasteiger partial charge is 0.257 e. The van der Waals surface area contributed by atoms with Crippen LogP contribution in [0.3, 0.4) is 0 Å². The molecule has 0 saturated heterocycles. The molecule has 1 heterocycles. The van der Waals surface area contributed by atoms with E-state index in [9.17, 15) is 4.79 Å². The number of fused-ring (bicyclic) bond motifs is 1. The van der Waals surface area contributed by atoms with Gasteiger partial charge in [-0.2, -0.15) is 0 Å². The van der Waals surface area contributed by atoms with Gasteiger partial charge >= 0.3 is 0 Å². The summed E-state index contributed by atoms with van der Waals surface area (Å²) in [4.78, 5) is 11.5. The Labute approximate surface area is 112 Å². The molecule has 1 N–H and O–H groups in total. The minimum atomic E-state index is -0.113. The van der Waals surface area contributed by atoms with Gasteiger partial charge in [0.1, 0.15) is 5.75 Å². The topological polar surface area (TPSA) is 56.8 Å². The lowest BCUT2D eigenvalue weighted by Gasteiger charge is -2.09. The minimum Gasteiger partial charge on any atom is -0.484 e. The van der Waals surface area contributed by atoms with Crippen molar-refractivity contribution in [3.05, 3.63) is 18.2 Å². The van der Waals surface area contributed by atoms with Gasteiger partial charge in [0.15, 0.2) is 18.1 Å². The fourth-order valence-electron chi connectivity index (χ4n) is 1.67. The molecular formula is C14H19NO4. The summed E-state index contributed by atoms with van der Waals surface area (Å²) in [6, 6.07) is 5.26. The van der Waals surface area contributed by atoms with E-state index in [4.69, 9.17) is 14.2 Å². The van der Waals surface area contributed by atoms with E-state index in [1.807, 2.05) is 0 Å². The molecule has 5 heteroatoms. The van der Waals surface area contributed by atoms with Gasteiger partial charge in [0.05, 0.1) is 0 Å². The Bertz CT molecular complexity index is 445. The highest BCUT2D eigenvalue weighted by atomic mass is 16.7. The van der Waals surface area contributed by atoms with Crippen LogP contribution in [0.4, 0.5) is 0 Å². The number of carbonyl (C=O) groups is 1. The van der Waals surface area contributed by atoms with E-state index in [0.717, 1.165) is 6.42 Å². The monoisotopic (exact) mass is 265 g/mol. The van der Waals surface area contributed by atoms with Crippen LogP contribution >= 0.6 is 0 Å². The third-order valence-corrected chi connectivity index (χ3v) is 2.76. The lowest BCUT2D eigenvalue weighted by molar-refractivity contribution is -0.123. The molecule has 1 aliphatic heterocycles. The molecule has 0 aromatic heterocycles. The summed E-state index contributed by atoms with van der Waals surface area (Å²) in [5, 5.41) is 2.82. The average molecular weight is 265 g/mol. The van der Waals surface area contributed by atoms with Crippen LogP contribution in [-0.2, 0) is 4.79 Å². The molecular weight excluding hydrogens is 246 g/mol. The molecule has 1 aromatic carbocycles. The summed E-state index contributed by atoms with van der Waals surface area (Å²) in [5.74, 6) is 2.42. The number of nitrogens with one attached hydrogen (secondary N) is 1. The molecule has 2 rings (SSSR count). The molecule has 1 aromatic rings. The van der Waals surface area contributed by atoms with Crippen LogP contribution in [0.5, 0.6) is 17.2 Å². The summed E-state index contributed by atoms with van der Waals surface area (Å²) in [6.45, 7) is 5.16. The van der Waals surface area contributed by atoms with E-state index in [0.29, 0.717) is 29.7 Å². The van der Waals surface area contributed by atoms with Gasteiger partial charge in [-0.15, -0.1) is 0 Å². The van der Waals surface area contributed by atoms with Crippen molar-refractivity contribution in [3.63, 3.8) is 0 Å². The molecule has 1 amide bonds. The van der Waals surface area contributed by atoms with Crippen molar-refractivity contribution in [1.29, 1.82) is 0 Å². The van der Waals surface area contributed by atoms with Gasteiger partial charge < -0.3 is 19.5 Å².